The number of hydrogen-bond donors (Lipinski definition) is 0. The van der Waals surface area contributed by atoms with Crippen molar-refractivity contribution in [1.29, 1.82) is 0 Å². The summed E-state index contributed by atoms with van der Waals surface area (Å²) in [7, 11) is 0. The average Bonchev–Trinajstić information content (AvgIpc) is 4.00. The molecular formula is C48H27N3O. The number of fused-ring (bicyclic) bond motifs is 17. The molecule has 8 aromatic carbocycles. The fourth-order valence-corrected chi connectivity index (χ4v) is 9.61. The van der Waals surface area contributed by atoms with Crippen LogP contribution in [0.1, 0.15) is 0 Å². The van der Waals surface area contributed by atoms with E-state index < -0.39 is 0 Å². The molecule has 0 radical (unpaired) electrons. The summed E-state index contributed by atoms with van der Waals surface area (Å²) in [5, 5.41) is 12.2. The molecule has 0 atom stereocenters. The van der Waals surface area contributed by atoms with E-state index in [0.29, 0.717) is 0 Å². The smallest absolute Gasteiger partial charge is 0.147 e. The first-order chi connectivity index (χ1) is 25.9. The van der Waals surface area contributed by atoms with Crippen LogP contribution in [0.15, 0.2) is 168 Å². The highest BCUT2D eigenvalue weighted by Gasteiger charge is 2.32. The summed E-state index contributed by atoms with van der Waals surface area (Å²) in [6, 6.07) is 59.2. The minimum Gasteiger partial charge on any atom is -0.455 e. The van der Waals surface area contributed by atoms with Crippen molar-refractivity contribution in [3.63, 3.8) is 0 Å². The van der Waals surface area contributed by atoms with E-state index in [1.165, 1.54) is 76.2 Å². The van der Waals surface area contributed by atoms with Gasteiger partial charge in [-0.1, -0.05) is 109 Å². The van der Waals surface area contributed by atoms with Gasteiger partial charge in [0.2, 0.25) is 0 Å². The molecule has 0 spiro atoms. The summed E-state index contributed by atoms with van der Waals surface area (Å²) < 4.78 is 12.2. The molecule has 0 aliphatic carbocycles. The third kappa shape index (κ3) is 3.07. The molecule has 13 aromatic rings. The second-order valence-corrected chi connectivity index (χ2v) is 14.0. The molecule has 4 nitrogen and oxygen atoms in total. The Balaban J connectivity index is 1.38. The first-order valence-corrected chi connectivity index (χ1v) is 17.9. The first kappa shape index (κ1) is 26.8. The second kappa shape index (κ2) is 9.39. The van der Waals surface area contributed by atoms with Crippen molar-refractivity contribution in [2.75, 3.05) is 4.90 Å². The minimum absolute atomic E-state index is 0.889. The summed E-state index contributed by atoms with van der Waals surface area (Å²) in [6.45, 7) is 0. The van der Waals surface area contributed by atoms with E-state index >= 15 is 0 Å². The Morgan fingerprint density at radius 3 is 1.56 bits per heavy atom. The van der Waals surface area contributed by atoms with Gasteiger partial charge in [0.15, 0.2) is 0 Å². The monoisotopic (exact) mass is 661 g/mol. The molecule has 4 heteroatoms. The van der Waals surface area contributed by atoms with E-state index in [-0.39, 0.29) is 0 Å². The van der Waals surface area contributed by atoms with Gasteiger partial charge in [0.05, 0.1) is 49.6 Å². The zero-order chi connectivity index (χ0) is 33.7. The molecule has 0 fully saturated rings. The molecule has 0 aliphatic rings. The number of nitrogens with zero attached hydrogens (tertiary/aromatic N) is 3. The lowest BCUT2D eigenvalue weighted by Crippen LogP contribution is -2.10. The van der Waals surface area contributed by atoms with E-state index in [0.717, 1.165) is 39.0 Å². The van der Waals surface area contributed by atoms with Gasteiger partial charge in [0, 0.05) is 54.5 Å². The van der Waals surface area contributed by atoms with E-state index in [4.69, 9.17) is 4.42 Å². The van der Waals surface area contributed by atoms with Crippen LogP contribution in [-0.2, 0) is 0 Å². The highest BCUT2D eigenvalue weighted by molar-refractivity contribution is 6.44. The predicted molar refractivity (Wildman–Crippen MR) is 218 cm³/mol. The molecule has 5 aromatic heterocycles. The molecule has 0 N–H and O–H groups in total. The van der Waals surface area contributed by atoms with Crippen molar-refractivity contribution >= 4 is 115 Å². The van der Waals surface area contributed by atoms with Crippen LogP contribution >= 0.6 is 0 Å². The molecular weight excluding hydrogens is 635 g/mol. The average molecular weight is 662 g/mol. The Morgan fingerprint density at radius 2 is 0.885 bits per heavy atom. The van der Waals surface area contributed by atoms with Crippen molar-refractivity contribution in [2.24, 2.45) is 0 Å². The summed E-state index contributed by atoms with van der Waals surface area (Å²) >= 11 is 0. The Morgan fingerprint density at radius 1 is 0.365 bits per heavy atom. The highest BCUT2D eigenvalue weighted by Crippen LogP contribution is 2.56. The van der Waals surface area contributed by atoms with Crippen LogP contribution in [0.3, 0.4) is 0 Å². The van der Waals surface area contributed by atoms with Gasteiger partial charge in [0.25, 0.3) is 0 Å². The molecule has 13 rings (SSSR count). The van der Waals surface area contributed by atoms with Gasteiger partial charge in [-0.15, -0.1) is 0 Å². The first-order valence-electron chi connectivity index (χ1n) is 17.9. The minimum atomic E-state index is 0.889. The van der Waals surface area contributed by atoms with Crippen molar-refractivity contribution in [1.82, 2.24) is 8.80 Å². The van der Waals surface area contributed by atoms with Crippen molar-refractivity contribution in [3.8, 4) is 0 Å². The number of anilines is 3. The Kier molecular flexibility index (Phi) is 4.83. The topological polar surface area (TPSA) is 25.2 Å². The maximum absolute atomic E-state index is 7.16. The maximum Gasteiger partial charge on any atom is 0.147 e. The molecule has 0 amide bonds. The summed E-state index contributed by atoms with van der Waals surface area (Å²) in [6.07, 6.45) is 0. The van der Waals surface area contributed by atoms with Gasteiger partial charge in [0.1, 0.15) is 11.2 Å². The van der Waals surface area contributed by atoms with Gasteiger partial charge in [-0.2, -0.15) is 0 Å². The third-order valence-corrected chi connectivity index (χ3v) is 11.5. The maximum atomic E-state index is 7.16. The van der Waals surface area contributed by atoms with Crippen molar-refractivity contribution in [2.45, 2.75) is 0 Å². The largest absolute Gasteiger partial charge is 0.455 e. The molecule has 0 aliphatic heterocycles. The quantitative estimate of drug-likeness (QED) is 0.188. The van der Waals surface area contributed by atoms with Crippen LogP contribution in [0.2, 0.25) is 0 Å². The number of rotatable bonds is 3. The lowest BCUT2D eigenvalue weighted by Gasteiger charge is -2.27. The fourth-order valence-electron chi connectivity index (χ4n) is 9.61. The van der Waals surface area contributed by atoms with Gasteiger partial charge in [-0.3, -0.25) is 0 Å². The third-order valence-electron chi connectivity index (χ3n) is 11.5. The SMILES string of the molecule is c1ccc(N(c2ccccc2)c2c3c4ccccc4oc3c3c4c5c6ccccc6n6c7ccccc7c(cc4n4c7ccccc7c2c34)c56)cc1. The predicted octanol–water partition coefficient (Wildman–Crippen LogP) is 13.4. The van der Waals surface area contributed by atoms with E-state index in [1.807, 2.05) is 0 Å². The zero-order valence-corrected chi connectivity index (χ0v) is 27.8. The second-order valence-electron chi connectivity index (χ2n) is 14.0. The standard InChI is InChI=1S/C48H27N3O/c1-3-15-28(16-4-1)49(29-17-5-2-6-18-29)46-41-32-21-9-13-25-37(32)51-38-27-34-30-19-7-11-23-35(30)50-36-24-12-8-20-31(36)40(45(34)50)43(38)44(47(41)51)48-42(46)33-22-10-14-26-39(33)52-48/h1-27H. The molecule has 0 bridgehead atoms. The zero-order valence-electron chi connectivity index (χ0n) is 27.8. The van der Waals surface area contributed by atoms with E-state index in [9.17, 15) is 0 Å². The highest BCUT2D eigenvalue weighted by atomic mass is 16.3. The summed E-state index contributed by atoms with van der Waals surface area (Å²) in [5.41, 5.74) is 12.5. The van der Waals surface area contributed by atoms with Crippen LogP contribution in [0, 0.1) is 0 Å². The Hall–Kier alpha value is -7.04. The lowest BCUT2D eigenvalue weighted by molar-refractivity contribution is 0.673. The van der Waals surface area contributed by atoms with Gasteiger partial charge in [-0.05, 0) is 54.6 Å². The van der Waals surface area contributed by atoms with Crippen LogP contribution in [0.25, 0.3) is 98.1 Å². The van der Waals surface area contributed by atoms with Gasteiger partial charge >= 0.3 is 0 Å². The summed E-state index contributed by atoms with van der Waals surface area (Å²) in [5.74, 6) is 0. The molecule has 0 saturated heterocycles. The Bertz CT molecular complexity index is 3530. The van der Waals surface area contributed by atoms with Crippen LogP contribution in [-0.4, -0.2) is 8.80 Å². The Labute approximate surface area is 296 Å². The van der Waals surface area contributed by atoms with Crippen molar-refractivity contribution in [3.05, 3.63) is 164 Å². The van der Waals surface area contributed by atoms with Gasteiger partial charge in [-0.25, -0.2) is 0 Å². The molecule has 240 valence electrons. The molecule has 0 saturated carbocycles. The normalized spacial score (nSPS) is 12.6. The van der Waals surface area contributed by atoms with E-state index in [2.05, 4.69) is 177 Å². The van der Waals surface area contributed by atoms with Crippen LogP contribution < -0.4 is 4.90 Å². The van der Waals surface area contributed by atoms with Crippen molar-refractivity contribution < 1.29 is 4.42 Å². The van der Waals surface area contributed by atoms with Crippen LogP contribution in [0.5, 0.6) is 0 Å². The lowest BCUT2D eigenvalue weighted by atomic mass is 9.96. The summed E-state index contributed by atoms with van der Waals surface area (Å²) in [4.78, 5) is 2.44. The number of furan rings is 1. The molecule has 0 unspecified atom stereocenters. The molecule has 52 heavy (non-hydrogen) atoms. The number of benzene rings is 8. The van der Waals surface area contributed by atoms with Crippen LogP contribution in [0.4, 0.5) is 17.1 Å². The number of aromatic nitrogens is 2. The molecule has 5 heterocycles. The van der Waals surface area contributed by atoms with Gasteiger partial charge < -0.3 is 18.1 Å². The fraction of sp³-hybridized carbons (Fsp3) is 0. The van der Waals surface area contributed by atoms with E-state index in [1.54, 1.807) is 0 Å². The number of para-hydroxylation sites is 6. The number of hydrogen-bond acceptors (Lipinski definition) is 2.